The molecule has 2 heterocycles. The number of nitrogens with zero attached hydrogens (tertiary/aromatic N) is 5. The van der Waals surface area contributed by atoms with Crippen LogP contribution in [-0.4, -0.2) is 202 Å². The number of aliphatic carboxylic acids is 3. The average molecular weight is 939 g/mol. The van der Waals surface area contributed by atoms with Crippen LogP contribution in [0.5, 0.6) is 0 Å². The molecule has 0 bridgehead atoms. The number of anilines is 1. The molecule has 23 heteroatoms. The number of rotatable bonds is 16. The third-order valence-electron chi connectivity index (χ3n) is 8.96. The first kappa shape index (κ1) is 47.5. The SMILES string of the molecule is C[C@@H](NC(=O)c1ccc(NNC(=O)CNC(=O)CN2CCN(CC(=O)O)CCN(CC(=O)O)CCN(CC(=O)O)CC2)cc1)C(=O)N1CCC[C@H]1B(O)O.[Lu]. The van der Waals surface area contributed by atoms with Crippen LogP contribution >= 0.6 is 0 Å². The van der Waals surface area contributed by atoms with Crippen molar-refractivity contribution in [2.24, 2.45) is 0 Å². The summed E-state index contributed by atoms with van der Waals surface area (Å²) in [4.78, 5) is 93.2. The van der Waals surface area contributed by atoms with Crippen LogP contribution in [-0.2, 0) is 28.8 Å². The third-order valence-corrected chi connectivity index (χ3v) is 8.96. The normalized spacial score (nSPS) is 18.4. The van der Waals surface area contributed by atoms with Crippen molar-refractivity contribution in [1.82, 2.24) is 40.6 Å². The molecular weight excluding hydrogens is 888 g/mol. The van der Waals surface area contributed by atoms with Gasteiger partial charge in [0, 0.05) is 101 Å². The van der Waals surface area contributed by atoms with Crippen molar-refractivity contribution in [3.8, 4) is 0 Å². The van der Waals surface area contributed by atoms with E-state index in [1.54, 1.807) is 19.6 Å². The van der Waals surface area contributed by atoms with Gasteiger partial charge < -0.3 is 40.9 Å². The second-order valence-electron chi connectivity index (χ2n) is 13.2. The molecule has 9 N–H and O–H groups in total. The van der Waals surface area contributed by atoms with E-state index in [9.17, 15) is 58.9 Å². The van der Waals surface area contributed by atoms with Gasteiger partial charge in [-0.1, -0.05) is 0 Å². The number of carboxylic acid groups (broad SMARTS) is 3. The first-order valence-electron chi connectivity index (χ1n) is 17.5. The molecule has 0 saturated carbocycles. The van der Waals surface area contributed by atoms with Crippen LogP contribution in [0.25, 0.3) is 0 Å². The molecule has 3 rings (SSSR count). The summed E-state index contributed by atoms with van der Waals surface area (Å²) in [5, 5.41) is 52.3. The Morgan fingerprint density at radius 1 is 0.709 bits per heavy atom. The molecule has 2 saturated heterocycles. The first-order valence-corrected chi connectivity index (χ1v) is 17.5. The van der Waals surface area contributed by atoms with E-state index < -0.39 is 67.2 Å². The molecular formula is C32H50BLuN9O12. The summed E-state index contributed by atoms with van der Waals surface area (Å²) in [6, 6.07) is 5.06. The molecule has 0 unspecified atom stereocenters. The number of amides is 4. The summed E-state index contributed by atoms with van der Waals surface area (Å²) in [5.41, 5.74) is 5.76. The van der Waals surface area contributed by atoms with Crippen LogP contribution < -0.4 is 21.5 Å². The van der Waals surface area contributed by atoms with Gasteiger partial charge in [-0.05, 0) is 44.0 Å². The molecule has 2 aliphatic rings. The minimum atomic E-state index is -1.67. The van der Waals surface area contributed by atoms with E-state index in [1.165, 1.54) is 36.1 Å². The second kappa shape index (κ2) is 24.1. The summed E-state index contributed by atoms with van der Waals surface area (Å²) in [7, 11) is -1.67. The quantitative estimate of drug-likeness (QED) is 0.0562. The van der Waals surface area contributed by atoms with Gasteiger partial charge in [-0.3, -0.25) is 64.0 Å². The summed E-state index contributed by atoms with van der Waals surface area (Å²) >= 11 is 0. The van der Waals surface area contributed by atoms with Gasteiger partial charge >= 0.3 is 25.0 Å². The Balaban J connectivity index is 0.0000105. The molecule has 4 amide bonds. The Labute approximate surface area is 347 Å². The van der Waals surface area contributed by atoms with Crippen molar-refractivity contribution in [2.75, 3.05) is 97.1 Å². The molecule has 1 aromatic rings. The van der Waals surface area contributed by atoms with E-state index in [0.29, 0.717) is 25.1 Å². The smallest absolute Gasteiger partial charge is 0.475 e. The predicted octanol–water partition coefficient (Wildman–Crippen LogP) is -4.16. The standard InChI is InChI=1S/C32H50BN9O12.Lu/c1-22(32(52)42-8-2-3-25(42)33(53)54)35-31(51)23-4-6-24(7-5-23)36-37-26(43)17-34-27(44)18-38-9-11-39(19-28(45)46)13-15-41(21-30(49)50)16-14-40(12-10-38)20-29(47)48;/h4-7,22,25,36,53-54H,2-3,8-21H2,1H3,(H,34,44)(H,35,51)(H,37,43)(H,45,46)(H,47,48)(H,49,50);/t22-,25+;/m1./s1. The molecule has 0 aliphatic carbocycles. The van der Waals surface area contributed by atoms with Crippen molar-refractivity contribution in [3.63, 3.8) is 0 Å². The number of carbonyl (C=O) groups excluding carboxylic acids is 4. The molecule has 21 nitrogen and oxygen atoms in total. The van der Waals surface area contributed by atoms with Crippen LogP contribution in [0.3, 0.4) is 0 Å². The van der Waals surface area contributed by atoms with E-state index in [1.807, 2.05) is 0 Å². The van der Waals surface area contributed by atoms with Gasteiger partial charge in [0.15, 0.2) is 0 Å². The summed E-state index contributed by atoms with van der Waals surface area (Å²) in [6.07, 6.45) is 1.07. The zero-order chi connectivity index (χ0) is 39.8. The molecule has 0 aromatic heterocycles. The molecule has 1 aromatic carbocycles. The molecule has 313 valence electrons. The molecule has 0 spiro atoms. The van der Waals surface area contributed by atoms with Crippen molar-refractivity contribution >= 4 is 54.3 Å². The number of hydrogen-bond donors (Lipinski definition) is 9. The minimum absolute atomic E-state index is 0. The van der Waals surface area contributed by atoms with E-state index >= 15 is 0 Å². The zero-order valence-electron chi connectivity index (χ0n) is 30.4. The second-order valence-corrected chi connectivity index (χ2v) is 13.2. The van der Waals surface area contributed by atoms with Gasteiger partial charge in [0.25, 0.3) is 11.8 Å². The van der Waals surface area contributed by atoms with Crippen molar-refractivity contribution < 1.29 is 95.8 Å². The summed E-state index contributed by atoms with van der Waals surface area (Å²) < 4.78 is 0. The Morgan fingerprint density at radius 3 is 1.60 bits per heavy atom. The number of hydrogen-bond acceptors (Lipinski definition) is 14. The monoisotopic (exact) mass is 938 g/mol. The fourth-order valence-corrected chi connectivity index (χ4v) is 6.08. The minimum Gasteiger partial charge on any atom is -0.480 e. The largest absolute Gasteiger partial charge is 0.480 e. The third kappa shape index (κ3) is 17.4. The van der Waals surface area contributed by atoms with Crippen molar-refractivity contribution in [2.45, 2.75) is 31.7 Å². The molecule has 2 fully saturated rings. The predicted molar refractivity (Wildman–Crippen MR) is 192 cm³/mol. The number of hydrazine groups is 1. The van der Waals surface area contributed by atoms with E-state index in [0.717, 1.165) is 0 Å². The Kier molecular flexibility index (Phi) is 20.8. The van der Waals surface area contributed by atoms with Gasteiger partial charge in [0.2, 0.25) is 11.8 Å². The van der Waals surface area contributed by atoms with Crippen LogP contribution in [0.2, 0.25) is 0 Å². The molecule has 2 aliphatic heterocycles. The maximum Gasteiger partial charge on any atom is 0.475 e. The van der Waals surface area contributed by atoms with E-state index in [-0.39, 0.29) is 121 Å². The number of likely N-dealkylation sites (tertiary alicyclic amines) is 1. The molecule has 2 atom stereocenters. The topological polar surface area (TPSA) is 285 Å². The fraction of sp³-hybridized carbons (Fsp3) is 0.594. The molecule has 1 radical (unpaired) electrons. The van der Waals surface area contributed by atoms with E-state index in [4.69, 9.17) is 0 Å². The van der Waals surface area contributed by atoms with Crippen LogP contribution in [0, 0.1) is 36.9 Å². The number of nitrogens with one attached hydrogen (secondary N) is 4. The van der Waals surface area contributed by atoms with Crippen LogP contribution in [0.4, 0.5) is 5.69 Å². The number of carbonyl (C=O) groups is 7. The van der Waals surface area contributed by atoms with Crippen LogP contribution in [0.1, 0.15) is 30.1 Å². The maximum atomic E-state index is 12.9. The van der Waals surface area contributed by atoms with Gasteiger partial charge in [-0.15, -0.1) is 0 Å². The van der Waals surface area contributed by atoms with Gasteiger partial charge in [0.05, 0.1) is 44.4 Å². The van der Waals surface area contributed by atoms with E-state index in [2.05, 4.69) is 21.5 Å². The Bertz CT molecular complexity index is 1450. The Hall–Kier alpha value is -3.63. The van der Waals surface area contributed by atoms with Gasteiger partial charge in [-0.2, -0.15) is 0 Å². The summed E-state index contributed by atoms with van der Waals surface area (Å²) in [6.45, 7) is 2.32. The van der Waals surface area contributed by atoms with Crippen molar-refractivity contribution in [1.29, 1.82) is 0 Å². The van der Waals surface area contributed by atoms with Crippen molar-refractivity contribution in [3.05, 3.63) is 29.8 Å². The zero-order valence-corrected chi connectivity index (χ0v) is 32.1. The summed E-state index contributed by atoms with van der Waals surface area (Å²) in [5.74, 6) is -5.97. The van der Waals surface area contributed by atoms with Gasteiger partial charge in [-0.25, -0.2) is 0 Å². The number of benzene rings is 1. The fourth-order valence-electron chi connectivity index (χ4n) is 6.08. The Morgan fingerprint density at radius 2 is 1.16 bits per heavy atom. The average Bonchev–Trinajstić information content (AvgIpc) is 3.61. The number of carboxylic acids is 3. The van der Waals surface area contributed by atoms with Gasteiger partial charge in [0.1, 0.15) is 6.04 Å². The maximum absolute atomic E-state index is 12.9. The van der Waals surface area contributed by atoms with Crippen LogP contribution in [0.15, 0.2) is 24.3 Å². The molecule has 55 heavy (non-hydrogen) atoms. The first-order chi connectivity index (χ1) is 25.6.